The molecule has 0 fully saturated rings. The molecule has 33 heavy (non-hydrogen) atoms. The third kappa shape index (κ3) is 2.60. The van der Waals surface area contributed by atoms with Crippen LogP contribution in [0.1, 0.15) is 0 Å². The number of benzene rings is 5. The van der Waals surface area contributed by atoms with Gasteiger partial charge in [-0.15, -0.1) is 0 Å². The highest BCUT2D eigenvalue weighted by atomic mass is 79.9. The van der Waals surface area contributed by atoms with Crippen molar-refractivity contribution in [3.8, 4) is 11.4 Å². The fraction of sp³-hybridized carbons (Fsp3) is 0. The molecule has 2 nitrogen and oxygen atoms in total. The van der Waals surface area contributed by atoms with E-state index in [-0.39, 0.29) is 0 Å². The second-order valence-corrected chi connectivity index (χ2v) is 9.14. The van der Waals surface area contributed by atoms with Crippen molar-refractivity contribution in [3.63, 3.8) is 0 Å². The summed E-state index contributed by atoms with van der Waals surface area (Å²) in [5, 5.41) is 5.06. The molecule has 7 rings (SSSR count). The first kappa shape index (κ1) is 18.7. The van der Waals surface area contributed by atoms with Gasteiger partial charge >= 0.3 is 0 Å². The summed E-state index contributed by atoms with van der Waals surface area (Å²) in [5.74, 6) is 0. The summed E-state index contributed by atoms with van der Waals surface area (Å²) in [4.78, 5) is 0. The molecule has 0 amide bonds. The SMILES string of the molecule is Brc1c(-n2c3ccccc3c3ccccc32)cccc1-n1c2ccccc2c2ccccc21. The van der Waals surface area contributed by atoms with Gasteiger partial charge in [0.05, 0.1) is 37.9 Å². The van der Waals surface area contributed by atoms with Crippen LogP contribution in [0.5, 0.6) is 0 Å². The molecule has 5 aromatic carbocycles. The third-order valence-corrected chi connectivity index (χ3v) is 7.41. The lowest BCUT2D eigenvalue weighted by molar-refractivity contribution is 1.12. The minimum atomic E-state index is 1.07. The minimum Gasteiger partial charge on any atom is -0.308 e. The Balaban J connectivity index is 1.60. The monoisotopic (exact) mass is 486 g/mol. The first-order chi connectivity index (χ1) is 16.3. The van der Waals surface area contributed by atoms with Gasteiger partial charge in [-0.25, -0.2) is 0 Å². The highest BCUT2D eigenvalue weighted by Gasteiger charge is 2.18. The fourth-order valence-electron chi connectivity index (χ4n) is 5.22. The summed E-state index contributed by atoms with van der Waals surface area (Å²) in [6, 6.07) is 41.1. The Hall–Kier alpha value is -3.82. The van der Waals surface area contributed by atoms with Gasteiger partial charge in [0.2, 0.25) is 0 Å². The molecule has 0 saturated carbocycles. The van der Waals surface area contributed by atoms with Crippen molar-refractivity contribution in [1.82, 2.24) is 9.13 Å². The van der Waals surface area contributed by atoms with Gasteiger partial charge in [0.25, 0.3) is 0 Å². The van der Waals surface area contributed by atoms with Crippen molar-refractivity contribution in [1.29, 1.82) is 0 Å². The summed E-state index contributed by atoms with van der Waals surface area (Å²) in [7, 11) is 0. The van der Waals surface area contributed by atoms with Gasteiger partial charge in [0, 0.05) is 21.5 Å². The molecule has 0 unspecified atom stereocenters. The Morgan fingerprint density at radius 3 is 1.00 bits per heavy atom. The molecule has 2 aromatic heterocycles. The van der Waals surface area contributed by atoms with E-state index in [2.05, 4.69) is 140 Å². The van der Waals surface area contributed by atoms with E-state index < -0.39 is 0 Å². The average molecular weight is 487 g/mol. The first-order valence-electron chi connectivity index (χ1n) is 11.1. The van der Waals surface area contributed by atoms with Crippen LogP contribution in [0, 0.1) is 0 Å². The maximum Gasteiger partial charge on any atom is 0.0656 e. The smallest absolute Gasteiger partial charge is 0.0656 e. The zero-order valence-electron chi connectivity index (χ0n) is 17.7. The molecule has 0 aliphatic carbocycles. The number of hydrogen-bond acceptors (Lipinski definition) is 0. The maximum atomic E-state index is 4.03. The van der Waals surface area contributed by atoms with E-state index in [4.69, 9.17) is 0 Å². The van der Waals surface area contributed by atoms with Gasteiger partial charge < -0.3 is 9.13 Å². The van der Waals surface area contributed by atoms with Crippen LogP contribution in [0.25, 0.3) is 55.0 Å². The number of para-hydroxylation sites is 4. The Labute approximate surface area is 199 Å². The van der Waals surface area contributed by atoms with E-state index in [1.807, 2.05) is 0 Å². The summed E-state index contributed by atoms with van der Waals surface area (Å²) < 4.78 is 5.81. The molecule has 0 N–H and O–H groups in total. The van der Waals surface area contributed by atoms with E-state index in [0.717, 1.165) is 15.8 Å². The number of rotatable bonds is 2. The quantitative estimate of drug-likeness (QED) is 0.231. The number of fused-ring (bicyclic) bond motifs is 6. The molecule has 0 radical (unpaired) electrons. The molecular formula is C30H19BrN2. The summed E-state index contributed by atoms with van der Waals surface area (Å²) in [6.45, 7) is 0. The normalized spacial score (nSPS) is 11.8. The van der Waals surface area contributed by atoms with Crippen LogP contribution in [0.15, 0.2) is 120 Å². The van der Waals surface area contributed by atoms with Gasteiger partial charge in [-0.3, -0.25) is 0 Å². The zero-order valence-corrected chi connectivity index (χ0v) is 19.3. The second-order valence-electron chi connectivity index (χ2n) is 8.35. The predicted molar refractivity (Wildman–Crippen MR) is 143 cm³/mol. The topological polar surface area (TPSA) is 9.86 Å². The van der Waals surface area contributed by atoms with Crippen molar-refractivity contribution < 1.29 is 0 Å². The summed E-state index contributed by atoms with van der Waals surface area (Å²) >= 11 is 4.03. The number of nitrogens with zero attached hydrogens (tertiary/aromatic N) is 2. The van der Waals surface area contributed by atoms with Gasteiger partial charge in [0.1, 0.15) is 0 Å². The third-order valence-electron chi connectivity index (χ3n) is 6.60. The molecule has 0 saturated heterocycles. The molecule has 0 aliphatic heterocycles. The van der Waals surface area contributed by atoms with Crippen LogP contribution in [0.4, 0.5) is 0 Å². The lowest BCUT2D eigenvalue weighted by Gasteiger charge is -2.16. The highest BCUT2D eigenvalue weighted by Crippen LogP contribution is 2.39. The lowest BCUT2D eigenvalue weighted by Crippen LogP contribution is -2.01. The molecule has 0 atom stereocenters. The van der Waals surface area contributed by atoms with E-state index in [0.29, 0.717) is 0 Å². The summed E-state index contributed by atoms with van der Waals surface area (Å²) in [5.41, 5.74) is 7.09. The fourth-order valence-corrected chi connectivity index (χ4v) is 5.84. The molecule has 0 spiro atoms. The first-order valence-corrected chi connectivity index (χ1v) is 11.9. The van der Waals surface area contributed by atoms with Crippen molar-refractivity contribution in [2.45, 2.75) is 0 Å². The Morgan fingerprint density at radius 2 is 0.667 bits per heavy atom. The van der Waals surface area contributed by atoms with Gasteiger partial charge in [-0.1, -0.05) is 78.9 Å². The van der Waals surface area contributed by atoms with Crippen molar-refractivity contribution in [2.75, 3.05) is 0 Å². The standard InChI is InChI=1S/C30H19BrN2/c31-30-28(32-24-14-5-1-10-20(24)21-11-2-6-15-25(21)32)18-9-19-29(30)33-26-16-7-3-12-22(26)23-13-4-8-17-27(23)33/h1-19H. The van der Waals surface area contributed by atoms with Gasteiger partial charge in [0.15, 0.2) is 0 Å². The van der Waals surface area contributed by atoms with Crippen LogP contribution in [-0.4, -0.2) is 9.13 Å². The molecule has 0 bridgehead atoms. The van der Waals surface area contributed by atoms with E-state index in [9.17, 15) is 0 Å². The molecular weight excluding hydrogens is 468 g/mol. The number of halogens is 1. The van der Waals surface area contributed by atoms with E-state index >= 15 is 0 Å². The van der Waals surface area contributed by atoms with Crippen LogP contribution in [0.2, 0.25) is 0 Å². The average Bonchev–Trinajstić information content (AvgIpc) is 3.38. The van der Waals surface area contributed by atoms with Crippen LogP contribution >= 0.6 is 15.9 Å². The van der Waals surface area contributed by atoms with Crippen LogP contribution < -0.4 is 0 Å². The van der Waals surface area contributed by atoms with E-state index in [1.54, 1.807) is 0 Å². The van der Waals surface area contributed by atoms with Crippen molar-refractivity contribution in [3.05, 3.63) is 120 Å². The Bertz CT molecular complexity index is 1600. The second kappa shape index (κ2) is 7.09. The minimum absolute atomic E-state index is 1.07. The Morgan fingerprint density at radius 1 is 0.364 bits per heavy atom. The Kier molecular flexibility index (Phi) is 4.02. The lowest BCUT2D eigenvalue weighted by atomic mass is 10.2. The van der Waals surface area contributed by atoms with Gasteiger partial charge in [-0.05, 0) is 52.3 Å². The van der Waals surface area contributed by atoms with Crippen molar-refractivity contribution >= 4 is 59.5 Å². The molecule has 0 aliphatic rings. The van der Waals surface area contributed by atoms with Crippen LogP contribution in [0.3, 0.4) is 0 Å². The summed E-state index contributed by atoms with van der Waals surface area (Å²) in [6.07, 6.45) is 0. The molecule has 156 valence electrons. The maximum absolute atomic E-state index is 4.03. The van der Waals surface area contributed by atoms with Crippen LogP contribution in [-0.2, 0) is 0 Å². The number of aromatic nitrogens is 2. The van der Waals surface area contributed by atoms with E-state index in [1.165, 1.54) is 43.6 Å². The van der Waals surface area contributed by atoms with Gasteiger partial charge in [-0.2, -0.15) is 0 Å². The highest BCUT2D eigenvalue weighted by molar-refractivity contribution is 9.10. The number of hydrogen-bond donors (Lipinski definition) is 0. The zero-order chi connectivity index (χ0) is 21.9. The molecule has 2 heterocycles. The molecule has 7 aromatic rings. The van der Waals surface area contributed by atoms with Crippen molar-refractivity contribution in [2.24, 2.45) is 0 Å². The largest absolute Gasteiger partial charge is 0.308 e. The predicted octanol–water partition coefficient (Wildman–Crippen LogP) is 8.64. The molecule has 3 heteroatoms.